The van der Waals surface area contributed by atoms with E-state index in [-0.39, 0.29) is 11.0 Å². The molecule has 4 nitrogen and oxygen atoms in total. The zero-order chi connectivity index (χ0) is 12.5. The van der Waals surface area contributed by atoms with Crippen molar-refractivity contribution >= 4 is 28.0 Å². The second-order valence-corrected chi connectivity index (χ2v) is 3.93. The summed E-state index contributed by atoms with van der Waals surface area (Å²) in [4.78, 5) is 12.1. The molecule has 2 aromatic carbocycles. The number of hydrogen-bond acceptors (Lipinski definition) is 4. The second-order valence-electron chi connectivity index (χ2n) is 3.93. The highest BCUT2D eigenvalue weighted by Gasteiger charge is 2.08. The fraction of sp³-hybridized carbons (Fsp3) is 0. The molecule has 0 aliphatic heterocycles. The molecular weight excluding hydrogens is 230 g/mol. The van der Waals surface area contributed by atoms with E-state index in [2.05, 4.69) is 5.16 Å². The van der Waals surface area contributed by atoms with E-state index in [9.17, 15) is 4.79 Å². The number of fused-ring (bicyclic) bond motifs is 3. The van der Waals surface area contributed by atoms with Crippen molar-refractivity contribution in [2.24, 2.45) is 5.16 Å². The average Bonchev–Trinajstić information content (AvgIpc) is 2.42. The van der Waals surface area contributed by atoms with Gasteiger partial charge in [-0.05, 0) is 11.5 Å². The lowest BCUT2D eigenvalue weighted by atomic mass is 10.1. The van der Waals surface area contributed by atoms with Gasteiger partial charge in [0.25, 0.3) is 0 Å². The third-order valence-electron chi connectivity index (χ3n) is 2.89. The highest BCUT2D eigenvalue weighted by Crippen LogP contribution is 2.23. The van der Waals surface area contributed by atoms with Crippen molar-refractivity contribution in [1.29, 1.82) is 0 Å². The highest BCUT2D eigenvalue weighted by atomic mass is 16.4. The van der Waals surface area contributed by atoms with Crippen LogP contribution >= 0.6 is 0 Å². The molecule has 0 fully saturated rings. The maximum absolute atomic E-state index is 12.1. The van der Waals surface area contributed by atoms with Gasteiger partial charge in [-0.15, -0.1) is 0 Å². The minimum Gasteiger partial charge on any atom is -0.463 e. The van der Waals surface area contributed by atoms with Gasteiger partial charge in [0.2, 0.25) is 5.43 Å². The molecule has 0 unspecified atom stereocenters. The van der Waals surface area contributed by atoms with Gasteiger partial charge in [0.15, 0.2) is 0 Å². The summed E-state index contributed by atoms with van der Waals surface area (Å²) < 4.78 is 5.49. The zero-order valence-electron chi connectivity index (χ0n) is 9.33. The Balaban J connectivity index is 2.48. The Morgan fingerprint density at radius 2 is 1.94 bits per heavy atom. The van der Waals surface area contributed by atoms with E-state index in [1.54, 1.807) is 6.07 Å². The molecule has 1 heterocycles. The van der Waals surface area contributed by atoms with Crippen LogP contribution in [0.5, 0.6) is 0 Å². The zero-order valence-corrected chi connectivity index (χ0v) is 9.33. The van der Waals surface area contributed by atoms with E-state index in [0.29, 0.717) is 11.0 Å². The predicted octanol–water partition coefficient (Wildman–Crippen LogP) is 2.75. The van der Waals surface area contributed by atoms with Gasteiger partial charge in [0, 0.05) is 5.39 Å². The summed E-state index contributed by atoms with van der Waals surface area (Å²) in [7, 11) is 0. The van der Waals surface area contributed by atoms with Gasteiger partial charge in [-0.25, -0.2) is 0 Å². The standard InChI is InChI=1S/C14H9NO3/c16-13-10(7-15-17)8-18-14-11-4-2-1-3-9(11)5-6-12(13)14/h1-8,17H. The van der Waals surface area contributed by atoms with Gasteiger partial charge in [0.1, 0.15) is 11.8 Å². The second kappa shape index (κ2) is 4.00. The molecule has 88 valence electrons. The van der Waals surface area contributed by atoms with Gasteiger partial charge < -0.3 is 9.62 Å². The smallest absolute Gasteiger partial charge is 0.201 e. The van der Waals surface area contributed by atoms with Crippen molar-refractivity contribution in [2.45, 2.75) is 0 Å². The van der Waals surface area contributed by atoms with Crippen molar-refractivity contribution in [3.63, 3.8) is 0 Å². The summed E-state index contributed by atoms with van der Waals surface area (Å²) in [6, 6.07) is 11.3. The Kier molecular flexibility index (Phi) is 2.34. The van der Waals surface area contributed by atoms with E-state index >= 15 is 0 Å². The normalized spacial score (nSPS) is 11.6. The molecular formula is C14H9NO3. The molecule has 0 bridgehead atoms. The van der Waals surface area contributed by atoms with Gasteiger partial charge in [0.05, 0.1) is 17.2 Å². The van der Waals surface area contributed by atoms with Crippen LogP contribution in [0, 0.1) is 0 Å². The van der Waals surface area contributed by atoms with E-state index in [4.69, 9.17) is 9.62 Å². The summed E-state index contributed by atoms with van der Waals surface area (Å²) in [5.74, 6) is 0. The van der Waals surface area contributed by atoms with Gasteiger partial charge in [-0.2, -0.15) is 0 Å². The Bertz CT molecular complexity index is 818. The van der Waals surface area contributed by atoms with E-state index in [0.717, 1.165) is 17.0 Å². The third-order valence-corrected chi connectivity index (χ3v) is 2.89. The maximum Gasteiger partial charge on any atom is 0.201 e. The van der Waals surface area contributed by atoms with Crippen LogP contribution in [-0.4, -0.2) is 11.4 Å². The Morgan fingerprint density at radius 1 is 1.11 bits per heavy atom. The lowest BCUT2D eigenvalue weighted by Gasteiger charge is -2.02. The molecule has 18 heavy (non-hydrogen) atoms. The summed E-state index contributed by atoms with van der Waals surface area (Å²) in [5, 5.41) is 13.7. The van der Waals surface area contributed by atoms with Crippen LogP contribution in [0.15, 0.2) is 57.0 Å². The minimum absolute atomic E-state index is 0.209. The topological polar surface area (TPSA) is 62.8 Å². The quantitative estimate of drug-likeness (QED) is 0.307. The summed E-state index contributed by atoms with van der Waals surface area (Å²) in [6.07, 6.45) is 2.37. The first-order valence-electron chi connectivity index (χ1n) is 5.42. The first-order valence-corrected chi connectivity index (χ1v) is 5.42. The average molecular weight is 239 g/mol. The molecule has 0 aliphatic carbocycles. The van der Waals surface area contributed by atoms with Crippen molar-refractivity contribution in [3.05, 3.63) is 58.4 Å². The number of nitrogens with zero attached hydrogens (tertiary/aromatic N) is 1. The Labute approximate surface area is 102 Å². The molecule has 0 atom stereocenters. The number of hydrogen-bond donors (Lipinski definition) is 1. The van der Waals surface area contributed by atoms with Crippen LogP contribution in [0.1, 0.15) is 5.56 Å². The minimum atomic E-state index is -0.209. The van der Waals surface area contributed by atoms with Gasteiger partial charge >= 0.3 is 0 Å². The Hall–Kier alpha value is -2.62. The maximum atomic E-state index is 12.1. The van der Waals surface area contributed by atoms with Crippen molar-refractivity contribution < 1.29 is 9.62 Å². The molecule has 1 aromatic heterocycles. The monoisotopic (exact) mass is 239 g/mol. The van der Waals surface area contributed by atoms with E-state index in [1.807, 2.05) is 30.3 Å². The lowest BCUT2D eigenvalue weighted by Crippen LogP contribution is -2.07. The summed E-state index contributed by atoms with van der Waals surface area (Å²) in [6.45, 7) is 0. The summed E-state index contributed by atoms with van der Waals surface area (Å²) in [5.41, 5.74) is 0.563. The lowest BCUT2D eigenvalue weighted by molar-refractivity contribution is 0.321. The number of rotatable bonds is 1. The molecule has 3 rings (SSSR count). The van der Waals surface area contributed by atoms with Crippen LogP contribution in [0.2, 0.25) is 0 Å². The largest absolute Gasteiger partial charge is 0.463 e. The van der Waals surface area contributed by atoms with Gasteiger partial charge in [-0.1, -0.05) is 35.5 Å². The number of oxime groups is 1. The molecule has 3 aromatic rings. The first-order chi connectivity index (χ1) is 8.81. The van der Waals surface area contributed by atoms with Crippen molar-refractivity contribution in [2.75, 3.05) is 0 Å². The van der Waals surface area contributed by atoms with Gasteiger partial charge in [-0.3, -0.25) is 4.79 Å². The molecule has 0 aliphatic rings. The van der Waals surface area contributed by atoms with Crippen LogP contribution < -0.4 is 5.43 Å². The third kappa shape index (κ3) is 1.47. The highest BCUT2D eigenvalue weighted by molar-refractivity contribution is 6.04. The summed E-state index contributed by atoms with van der Waals surface area (Å²) >= 11 is 0. The first kappa shape index (κ1) is 10.5. The Morgan fingerprint density at radius 3 is 2.78 bits per heavy atom. The fourth-order valence-electron chi connectivity index (χ4n) is 2.03. The van der Waals surface area contributed by atoms with Crippen LogP contribution in [0.25, 0.3) is 21.7 Å². The molecule has 1 N–H and O–H groups in total. The van der Waals surface area contributed by atoms with Crippen LogP contribution in [-0.2, 0) is 0 Å². The SMILES string of the molecule is O=c1c(C=NO)coc2c1ccc1ccccc12. The fourth-order valence-corrected chi connectivity index (χ4v) is 2.03. The molecule has 0 saturated heterocycles. The molecule has 0 radical (unpaired) electrons. The van der Waals surface area contributed by atoms with E-state index < -0.39 is 0 Å². The van der Waals surface area contributed by atoms with Crippen LogP contribution in [0.3, 0.4) is 0 Å². The van der Waals surface area contributed by atoms with E-state index in [1.165, 1.54) is 6.26 Å². The molecule has 0 amide bonds. The van der Waals surface area contributed by atoms with Crippen molar-refractivity contribution in [3.8, 4) is 0 Å². The predicted molar refractivity (Wildman–Crippen MR) is 69.4 cm³/mol. The van der Waals surface area contributed by atoms with Crippen molar-refractivity contribution in [1.82, 2.24) is 0 Å². The van der Waals surface area contributed by atoms with Crippen LogP contribution in [0.4, 0.5) is 0 Å². The molecule has 4 heteroatoms. The molecule has 0 saturated carbocycles. The number of benzene rings is 2. The molecule has 0 spiro atoms.